The summed E-state index contributed by atoms with van der Waals surface area (Å²) >= 11 is 0. The van der Waals surface area contributed by atoms with Gasteiger partial charge >= 0.3 is 0 Å². The maximum absolute atomic E-state index is 5.77. The summed E-state index contributed by atoms with van der Waals surface area (Å²) in [6, 6.07) is 10.7. The van der Waals surface area contributed by atoms with Gasteiger partial charge in [-0.2, -0.15) is 0 Å². The Morgan fingerprint density at radius 1 is 1.22 bits per heavy atom. The van der Waals surface area contributed by atoms with Crippen LogP contribution < -0.4 is 10.6 Å². The van der Waals surface area contributed by atoms with Gasteiger partial charge in [-0.3, -0.25) is 4.99 Å². The lowest BCUT2D eigenvalue weighted by atomic mass is 10.2. The van der Waals surface area contributed by atoms with Crippen molar-refractivity contribution in [3.05, 3.63) is 36.5 Å². The summed E-state index contributed by atoms with van der Waals surface area (Å²) in [5, 5.41) is 8.01. The number of fused-ring (bicyclic) bond motifs is 1. The average Bonchev–Trinajstić information content (AvgIpc) is 3.33. The van der Waals surface area contributed by atoms with Gasteiger partial charge in [0.2, 0.25) is 0 Å². The molecule has 0 saturated carbocycles. The van der Waals surface area contributed by atoms with E-state index >= 15 is 0 Å². The van der Waals surface area contributed by atoms with Crippen molar-refractivity contribution in [2.24, 2.45) is 4.99 Å². The normalized spacial score (nSPS) is 17.1. The quantitative estimate of drug-likeness (QED) is 0.248. The van der Waals surface area contributed by atoms with E-state index in [-0.39, 0.29) is 30.1 Å². The molecular formula is C20H31IN4O2. The van der Waals surface area contributed by atoms with Gasteiger partial charge in [0.25, 0.3) is 0 Å². The van der Waals surface area contributed by atoms with E-state index in [1.165, 1.54) is 10.9 Å². The summed E-state index contributed by atoms with van der Waals surface area (Å²) in [5.41, 5.74) is 1.29. The van der Waals surface area contributed by atoms with Crippen molar-refractivity contribution < 1.29 is 9.47 Å². The van der Waals surface area contributed by atoms with E-state index in [0.29, 0.717) is 0 Å². The van der Waals surface area contributed by atoms with Gasteiger partial charge in [0, 0.05) is 51.6 Å². The van der Waals surface area contributed by atoms with Crippen molar-refractivity contribution in [3.63, 3.8) is 0 Å². The molecule has 0 bridgehead atoms. The Labute approximate surface area is 178 Å². The van der Waals surface area contributed by atoms with Gasteiger partial charge in [-0.05, 0) is 36.8 Å². The van der Waals surface area contributed by atoms with E-state index in [1.807, 2.05) is 0 Å². The van der Waals surface area contributed by atoms with Crippen LogP contribution in [0.15, 0.2) is 41.5 Å². The van der Waals surface area contributed by atoms with Crippen LogP contribution >= 0.6 is 24.0 Å². The van der Waals surface area contributed by atoms with Crippen LogP contribution in [0.1, 0.15) is 19.3 Å². The number of benzene rings is 1. The molecule has 2 aromatic rings. The van der Waals surface area contributed by atoms with Gasteiger partial charge in [0.15, 0.2) is 5.96 Å². The highest BCUT2D eigenvalue weighted by atomic mass is 127. The van der Waals surface area contributed by atoms with Crippen molar-refractivity contribution >= 4 is 40.8 Å². The molecule has 6 nitrogen and oxygen atoms in total. The molecule has 1 aromatic carbocycles. The van der Waals surface area contributed by atoms with Crippen molar-refractivity contribution in [1.29, 1.82) is 0 Å². The third-order valence-corrected chi connectivity index (χ3v) is 4.63. The van der Waals surface area contributed by atoms with Gasteiger partial charge in [0.05, 0.1) is 12.7 Å². The van der Waals surface area contributed by atoms with Crippen LogP contribution in [0, 0.1) is 0 Å². The minimum Gasteiger partial charge on any atom is -0.379 e. The predicted octanol–water partition coefficient (Wildman–Crippen LogP) is 3.01. The first-order chi connectivity index (χ1) is 12.9. The zero-order chi connectivity index (χ0) is 18.0. The van der Waals surface area contributed by atoms with E-state index in [2.05, 4.69) is 56.7 Å². The Morgan fingerprint density at radius 3 is 2.81 bits per heavy atom. The number of nitrogens with one attached hydrogen (secondary N) is 2. The Kier molecular flexibility index (Phi) is 9.93. The minimum absolute atomic E-state index is 0. The molecule has 7 heteroatoms. The number of para-hydroxylation sites is 1. The molecule has 150 valence electrons. The summed E-state index contributed by atoms with van der Waals surface area (Å²) in [4.78, 5) is 4.27. The van der Waals surface area contributed by atoms with Gasteiger partial charge < -0.3 is 24.7 Å². The van der Waals surface area contributed by atoms with Crippen LogP contribution in [0.4, 0.5) is 0 Å². The van der Waals surface area contributed by atoms with Crippen molar-refractivity contribution in [3.8, 4) is 0 Å². The number of nitrogens with zero attached hydrogens (tertiary/aromatic N) is 2. The van der Waals surface area contributed by atoms with Crippen LogP contribution in [0.2, 0.25) is 0 Å². The molecule has 2 heterocycles. The molecule has 1 unspecified atom stereocenters. The average molecular weight is 486 g/mol. The van der Waals surface area contributed by atoms with Crippen LogP contribution in [0.5, 0.6) is 0 Å². The zero-order valence-corrected chi connectivity index (χ0v) is 18.4. The molecule has 1 fully saturated rings. The monoisotopic (exact) mass is 486 g/mol. The second-order valence-corrected chi connectivity index (χ2v) is 6.56. The fraction of sp³-hybridized carbons (Fsp3) is 0.550. The largest absolute Gasteiger partial charge is 0.379 e. The number of aryl methyl sites for hydroxylation is 1. The number of aromatic nitrogens is 1. The number of hydrogen-bond acceptors (Lipinski definition) is 3. The van der Waals surface area contributed by atoms with Crippen LogP contribution in [-0.4, -0.2) is 56.6 Å². The molecule has 0 spiro atoms. The Morgan fingerprint density at radius 2 is 2.04 bits per heavy atom. The summed E-state index contributed by atoms with van der Waals surface area (Å²) in [6.07, 6.45) is 5.48. The van der Waals surface area contributed by atoms with Gasteiger partial charge in [-0.1, -0.05) is 18.2 Å². The molecule has 27 heavy (non-hydrogen) atoms. The third-order valence-electron chi connectivity index (χ3n) is 4.63. The number of aliphatic imine (C=N–C) groups is 1. The van der Waals surface area contributed by atoms with E-state index < -0.39 is 0 Å². The van der Waals surface area contributed by atoms with Gasteiger partial charge in [0.1, 0.15) is 0 Å². The fourth-order valence-corrected chi connectivity index (χ4v) is 3.19. The zero-order valence-electron chi connectivity index (χ0n) is 16.0. The molecule has 1 aliphatic rings. The van der Waals surface area contributed by atoms with E-state index in [9.17, 15) is 0 Å². The summed E-state index contributed by atoms with van der Waals surface area (Å²) < 4.78 is 13.4. The molecule has 1 aromatic heterocycles. The predicted molar refractivity (Wildman–Crippen MR) is 121 cm³/mol. The van der Waals surface area contributed by atoms with E-state index in [1.54, 1.807) is 7.05 Å². The molecule has 0 radical (unpaired) electrons. The molecule has 1 atom stereocenters. The highest BCUT2D eigenvalue weighted by molar-refractivity contribution is 14.0. The van der Waals surface area contributed by atoms with Crippen LogP contribution in [0.25, 0.3) is 10.9 Å². The van der Waals surface area contributed by atoms with Crippen molar-refractivity contribution in [2.45, 2.75) is 31.9 Å². The Hall–Kier alpha value is -1.32. The van der Waals surface area contributed by atoms with Crippen LogP contribution in [0.3, 0.4) is 0 Å². The van der Waals surface area contributed by atoms with Crippen molar-refractivity contribution in [2.75, 3.05) is 40.0 Å². The number of ether oxygens (including phenoxy) is 2. The van der Waals surface area contributed by atoms with E-state index in [4.69, 9.17) is 9.47 Å². The number of guanidine groups is 1. The van der Waals surface area contributed by atoms with Gasteiger partial charge in [-0.25, -0.2) is 0 Å². The maximum atomic E-state index is 5.77. The van der Waals surface area contributed by atoms with Crippen molar-refractivity contribution in [1.82, 2.24) is 15.2 Å². The summed E-state index contributed by atoms with van der Waals surface area (Å²) in [6.45, 7) is 5.08. The third kappa shape index (κ3) is 6.97. The lowest BCUT2D eigenvalue weighted by molar-refractivity contribution is 0.0420. The molecule has 0 aliphatic carbocycles. The summed E-state index contributed by atoms with van der Waals surface area (Å²) in [7, 11) is 1.81. The first-order valence-electron chi connectivity index (χ1n) is 9.54. The molecule has 1 aliphatic heterocycles. The number of rotatable bonds is 9. The second-order valence-electron chi connectivity index (χ2n) is 6.56. The van der Waals surface area contributed by atoms with E-state index in [0.717, 1.165) is 64.7 Å². The lowest BCUT2D eigenvalue weighted by Crippen LogP contribution is -2.38. The topological polar surface area (TPSA) is 59.8 Å². The highest BCUT2D eigenvalue weighted by Crippen LogP contribution is 2.15. The molecule has 0 amide bonds. The van der Waals surface area contributed by atoms with Crippen LogP contribution in [-0.2, 0) is 16.0 Å². The number of halogens is 1. The standard InChI is InChI=1S/C20H30N4O2.HI/c1-21-20(23-11-5-14-26-18-9-15-25-16-18)22-10-4-12-24-13-8-17-6-2-3-7-19(17)24;/h2-3,6-8,13,18H,4-5,9-12,14-16H2,1H3,(H2,21,22,23);1H. The smallest absolute Gasteiger partial charge is 0.190 e. The lowest BCUT2D eigenvalue weighted by Gasteiger charge is -2.13. The summed E-state index contributed by atoms with van der Waals surface area (Å²) in [5.74, 6) is 0.853. The second kappa shape index (κ2) is 12.2. The van der Waals surface area contributed by atoms with Gasteiger partial charge in [-0.15, -0.1) is 24.0 Å². The Bertz CT molecular complexity index is 698. The number of hydrogen-bond donors (Lipinski definition) is 2. The maximum Gasteiger partial charge on any atom is 0.190 e. The SMILES string of the molecule is CN=C(NCCCOC1CCOC1)NCCCn1ccc2ccccc21.I. The molecule has 2 N–H and O–H groups in total. The first-order valence-corrected chi connectivity index (χ1v) is 9.54. The Balaban J connectivity index is 0.00000261. The molecular weight excluding hydrogens is 455 g/mol. The highest BCUT2D eigenvalue weighted by Gasteiger charge is 2.15. The molecule has 3 rings (SSSR count). The minimum atomic E-state index is 0. The first kappa shape index (κ1) is 22.0. The fourth-order valence-electron chi connectivity index (χ4n) is 3.19. The molecule has 1 saturated heterocycles.